The minimum atomic E-state index is -4.51. The third-order valence-electron chi connectivity index (χ3n) is 6.34. The number of nitrogens with one attached hydrogen (secondary N) is 1. The number of nitrogens with zero attached hydrogens (tertiary/aromatic N) is 2. The lowest BCUT2D eigenvalue weighted by molar-refractivity contribution is -0.0533. The summed E-state index contributed by atoms with van der Waals surface area (Å²) in [6.07, 6.45) is -3.64. The van der Waals surface area contributed by atoms with Gasteiger partial charge in [0.1, 0.15) is 18.3 Å². The Hall–Kier alpha value is -1.99. The summed E-state index contributed by atoms with van der Waals surface area (Å²) in [5, 5.41) is 29.4. The van der Waals surface area contributed by atoms with Gasteiger partial charge in [-0.1, -0.05) is 13.8 Å². The van der Waals surface area contributed by atoms with Gasteiger partial charge in [0.15, 0.2) is 5.34 Å². The summed E-state index contributed by atoms with van der Waals surface area (Å²) < 4.78 is 38.6. The van der Waals surface area contributed by atoms with Crippen molar-refractivity contribution < 1.29 is 38.4 Å². The van der Waals surface area contributed by atoms with E-state index in [0.29, 0.717) is 0 Å². The summed E-state index contributed by atoms with van der Waals surface area (Å²) in [5.74, 6) is -1.35. The van der Waals surface area contributed by atoms with E-state index in [4.69, 9.17) is 9.26 Å². The van der Waals surface area contributed by atoms with Gasteiger partial charge in [0.05, 0.1) is 23.5 Å². The molecule has 14 heteroatoms. The number of ether oxygens (including phenoxy) is 1. The van der Waals surface area contributed by atoms with Crippen LogP contribution in [0.2, 0.25) is 0 Å². The van der Waals surface area contributed by atoms with Crippen LogP contribution in [0.25, 0.3) is 5.78 Å². The highest BCUT2D eigenvalue weighted by Crippen LogP contribution is 2.59. The van der Waals surface area contributed by atoms with Crippen molar-refractivity contribution in [2.45, 2.75) is 82.3 Å². The number of hydrogen-bond donors (Lipinski definition) is 5. The topological polar surface area (TPSA) is 184 Å². The Morgan fingerprint density at radius 3 is 2.47 bits per heavy atom. The number of fused-ring (bicyclic) bond motifs is 1. The van der Waals surface area contributed by atoms with Gasteiger partial charge in [0, 0.05) is 12.6 Å². The quantitative estimate of drug-likeness (QED) is 0.318. The molecule has 0 aliphatic carbocycles. The molecule has 12 nitrogen and oxygen atoms in total. The standard InChI is InChI=1S/C20H29FN3O9P/c1-5-19(3,33-34(30,31)20(4,29)6-2)7-12-13(25)14(26)15(32-12)10-8-24-9-11(21)17(28)23-18(24)22-16(10)27/h8-9,12-15,25-26,29H,5-7H2,1-4H3,(H,30,31)(H,22,23,27,28)/t12-,13?,14+,15+,19?,20?/m1/s1. The normalized spacial score (nSPS) is 28.4. The first-order chi connectivity index (χ1) is 15.6. The molecule has 34 heavy (non-hydrogen) atoms. The van der Waals surface area contributed by atoms with Crippen LogP contribution < -0.4 is 11.1 Å². The third-order valence-corrected chi connectivity index (χ3v) is 8.57. The van der Waals surface area contributed by atoms with E-state index in [0.717, 1.165) is 16.8 Å². The molecule has 2 aromatic heterocycles. The van der Waals surface area contributed by atoms with Crippen LogP contribution in [0.1, 0.15) is 58.6 Å². The number of aromatic nitrogens is 3. The molecular formula is C20H29FN3O9P. The van der Waals surface area contributed by atoms with Gasteiger partial charge in [0.25, 0.3) is 11.1 Å². The smallest absolute Gasteiger partial charge is 0.359 e. The van der Waals surface area contributed by atoms with E-state index in [2.05, 4.69) is 9.97 Å². The van der Waals surface area contributed by atoms with Crippen LogP contribution in [-0.2, 0) is 13.8 Å². The maximum Gasteiger partial charge on any atom is 0.359 e. The lowest BCUT2D eigenvalue weighted by Gasteiger charge is -2.37. The van der Waals surface area contributed by atoms with Crippen molar-refractivity contribution in [3.63, 3.8) is 0 Å². The molecular weight excluding hydrogens is 476 g/mol. The fraction of sp³-hybridized carbons (Fsp3) is 0.650. The summed E-state index contributed by atoms with van der Waals surface area (Å²) in [7, 11) is -4.51. The van der Waals surface area contributed by atoms with Crippen LogP contribution in [0.3, 0.4) is 0 Å². The van der Waals surface area contributed by atoms with E-state index < -0.39 is 59.9 Å². The first-order valence-corrected chi connectivity index (χ1v) is 12.3. The third kappa shape index (κ3) is 4.87. The van der Waals surface area contributed by atoms with Crippen molar-refractivity contribution in [2.75, 3.05) is 0 Å². The Morgan fingerprint density at radius 2 is 1.88 bits per heavy atom. The molecule has 0 radical (unpaired) electrons. The van der Waals surface area contributed by atoms with Crippen LogP contribution in [0.15, 0.2) is 22.0 Å². The fourth-order valence-electron chi connectivity index (χ4n) is 3.66. The average Bonchev–Trinajstić information content (AvgIpc) is 3.02. The summed E-state index contributed by atoms with van der Waals surface area (Å²) in [6.45, 7) is 5.88. The lowest BCUT2D eigenvalue weighted by atomic mass is 9.92. The van der Waals surface area contributed by atoms with Gasteiger partial charge >= 0.3 is 7.60 Å². The first kappa shape index (κ1) is 26.6. The monoisotopic (exact) mass is 505 g/mol. The fourth-order valence-corrected chi connectivity index (χ4v) is 5.05. The van der Waals surface area contributed by atoms with E-state index in [9.17, 15) is 38.8 Å². The summed E-state index contributed by atoms with van der Waals surface area (Å²) in [6, 6.07) is 0. The van der Waals surface area contributed by atoms with Crippen LogP contribution in [0.5, 0.6) is 0 Å². The summed E-state index contributed by atoms with van der Waals surface area (Å²) in [4.78, 5) is 40.0. The number of halogens is 1. The van der Waals surface area contributed by atoms with Gasteiger partial charge in [-0.05, 0) is 26.7 Å². The maximum absolute atomic E-state index is 13.7. The molecule has 0 amide bonds. The average molecular weight is 505 g/mol. The van der Waals surface area contributed by atoms with Gasteiger partial charge in [-0.3, -0.25) is 23.5 Å². The Bertz CT molecular complexity index is 1230. The Morgan fingerprint density at radius 1 is 1.24 bits per heavy atom. The zero-order valence-corrected chi connectivity index (χ0v) is 20.0. The molecule has 0 saturated carbocycles. The van der Waals surface area contributed by atoms with Crippen LogP contribution in [0, 0.1) is 5.82 Å². The van der Waals surface area contributed by atoms with E-state index in [1.807, 2.05) is 0 Å². The molecule has 0 bridgehead atoms. The SMILES string of the molecule is CCC(C)(C[C@H]1O[C@@H](c2cn3cc(F)c(=O)[nH]c3nc2=O)[C@@H](O)C1O)OP(=O)(O)C(C)(O)CC. The van der Waals surface area contributed by atoms with Crippen molar-refractivity contribution in [1.82, 2.24) is 14.4 Å². The summed E-state index contributed by atoms with van der Waals surface area (Å²) in [5.41, 5.74) is -3.47. The molecule has 3 heterocycles. The molecule has 190 valence electrons. The molecule has 0 aromatic carbocycles. The van der Waals surface area contributed by atoms with Crippen molar-refractivity contribution >= 4 is 13.4 Å². The molecule has 1 aliphatic heterocycles. The predicted molar refractivity (Wildman–Crippen MR) is 117 cm³/mol. The van der Waals surface area contributed by atoms with Gasteiger partial charge in [-0.15, -0.1) is 0 Å². The van der Waals surface area contributed by atoms with Crippen LogP contribution in [0.4, 0.5) is 4.39 Å². The second-order valence-corrected chi connectivity index (χ2v) is 11.1. The van der Waals surface area contributed by atoms with E-state index >= 15 is 0 Å². The van der Waals surface area contributed by atoms with Crippen LogP contribution in [-0.4, -0.2) is 63.8 Å². The minimum Gasteiger partial charge on any atom is -0.388 e. The molecule has 7 atom stereocenters. The number of aliphatic hydroxyl groups excluding tert-OH is 2. The zero-order chi connectivity index (χ0) is 25.6. The highest BCUT2D eigenvalue weighted by Gasteiger charge is 2.50. The molecule has 4 unspecified atom stereocenters. The number of H-pyrrole nitrogens is 1. The number of rotatable bonds is 8. The highest BCUT2D eigenvalue weighted by atomic mass is 31.2. The van der Waals surface area contributed by atoms with Crippen molar-refractivity contribution in [3.05, 3.63) is 44.5 Å². The van der Waals surface area contributed by atoms with Crippen molar-refractivity contribution in [3.8, 4) is 0 Å². The van der Waals surface area contributed by atoms with E-state index in [1.54, 1.807) is 6.92 Å². The Balaban J connectivity index is 1.89. The van der Waals surface area contributed by atoms with Gasteiger partial charge < -0.3 is 29.5 Å². The van der Waals surface area contributed by atoms with E-state index in [1.165, 1.54) is 20.8 Å². The Kier molecular flexibility index (Phi) is 7.22. The highest BCUT2D eigenvalue weighted by molar-refractivity contribution is 7.54. The van der Waals surface area contributed by atoms with Gasteiger partial charge in [0.2, 0.25) is 11.6 Å². The molecule has 1 fully saturated rings. The first-order valence-electron chi connectivity index (χ1n) is 10.7. The van der Waals surface area contributed by atoms with Crippen molar-refractivity contribution in [2.24, 2.45) is 0 Å². The lowest BCUT2D eigenvalue weighted by Crippen LogP contribution is -2.40. The van der Waals surface area contributed by atoms with Crippen LogP contribution >= 0.6 is 7.60 Å². The van der Waals surface area contributed by atoms with Gasteiger partial charge in [-0.2, -0.15) is 9.37 Å². The number of hydrogen-bond acceptors (Lipinski definition) is 9. The second-order valence-electron chi connectivity index (χ2n) is 8.93. The minimum absolute atomic E-state index is 0.0469. The number of aromatic amines is 1. The van der Waals surface area contributed by atoms with E-state index in [-0.39, 0.29) is 30.6 Å². The largest absolute Gasteiger partial charge is 0.388 e. The zero-order valence-electron chi connectivity index (χ0n) is 19.1. The molecule has 0 spiro atoms. The molecule has 1 saturated heterocycles. The second kappa shape index (κ2) is 9.23. The van der Waals surface area contributed by atoms with Gasteiger partial charge in [-0.25, -0.2) is 0 Å². The molecule has 5 N–H and O–H groups in total. The predicted octanol–water partition coefficient (Wildman–Crippen LogP) is 0.563. The maximum atomic E-state index is 13.7. The molecule has 3 rings (SSSR count). The van der Waals surface area contributed by atoms with Crippen molar-refractivity contribution in [1.29, 1.82) is 0 Å². The number of aliphatic hydroxyl groups is 3. The Labute approximate surface area is 193 Å². The molecule has 1 aliphatic rings. The summed E-state index contributed by atoms with van der Waals surface area (Å²) >= 11 is 0. The molecule has 2 aromatic rings.